The Morgan fingerprint density at radius 2 is 2.06 bits per heavy atom. The number of hydrogen-bond acceptors (Lipinski definition) is 3. The number of carboxylic acid groups (broad SMARTS) is 1. The molecule has 1 aliphatic rings. The first-order valence-electron chi connectivity index (χ1n) is 6.38. The molecule has 0 amide bonds. The minimum atomic E-state index is -0.653. The minimum Gasteiger partial charge on any atom is -0.480 e. The number of carboxylic acids is 1. The van der Waals surface area contributed by atoms with Crippen LogP contribution in [0.3, 0.4) is 0 Å². The van der Waals surface area contributed by atoms with Gasteiger partial charge in [-0.3, -0.25) is 9.69 Å². The third-order valence-electron chi connectivity index (χ3n) is 3.50. The van der Waals surface area contributed by atoms with Gasteiger partial charge < -0.3 is 10.0 Å². The number of piperidine rings is 1. The van der Waals surface area contributed by atoms with E-state index < -0.39 is 5.97 Å². The van der Waals surface area contributed by atoms with E-state index in [0.29, 0.717) is 0 Å². The first kappa shape index (κ1) is 13.5. The summed E-state index contributed by atoms with van der Waals surface area (Å²) in [7, 11) is 0. The van der Waals surface area contributed by atoms with Crippen LogP contribution in [0, 0.1) is 0 Å². The summed E-state index contributed by atoms with van der Waals surface area (Å²) in [4.78, 5) is 15.6. The monoisotopic (exact) mass is 228 g/mol. The molecule has 1 N–H and O–H groups in total. The largest absolute Gasteiger partial charge is 0.480 e. The summed E-state index contributed by atoms with van der Waals surface area (Å²) in [6, 6.07) is -0.246. The lowest BCUT2D eigenvalue weighted by Crippen LogP contribution is -2.47. The molecule has 1 heterocycles. The van der Waals surface area contributed by atoms with E-state index >= 15 is 0 Å². The number of likely N-dealkylation sites (tertiary alicyclic amines) is 1. The summed E-state index contributed by atoms with van der Waals surface area (Å²) in [5.41, 5.74) is 0. The van der Waals surface area contributed by atoms with Crippen molar-refractivity contribution in [2.24, 2.45) is 0 Å². The Morgan fingerprint density at radius 1 is 1.38 bits per heavy atom. The van der Waals surface area contributed by atoms with Gasteiger partial charge in [0.15, 0.2) is 0 Å². The van der Waals surface area contributed by atoms with Crippen LogP contribution in [0.25, 0.3) is 0 Å². The van der Waals surface area contributed by atoms with Crippen LogP contribution < -0.4 is 0 Å². The van der Waals surface area contributed by atoms with E-state index in [4.69, 9.17) is 5.11 Å². The Morgan fingerprint density at radius 3 is 2.62 bits per heavy atom. The molecule has 0 aromatic rings. The third kappa shape index (κ3) is 3.76. The molecule has 1 aliphatic heterocycles. The van der Waals surface area contributed by atoms with E-state index in [2.05, 4.69) is 23.6 Å². The number of nitrogens with zero attached hydrogens (tertiary/aromatic N) is 2. The highest BCUT2D eigenvalue weighted by Crippen LogP contribution is 2.16. The molecule has 0 aromatic carbocycles. The lowest BCUT2D eigenvalue weighted by Gasteiger charge is -2.34. The molecule has 94 valence electrons. The molecule has 4 heteroatoms. The maximum Gasteiger partial charge on any atom is 0.320 e. The van der Waals surface area contributed by atoms with E-state index in [1.54, 1.807) is 0 Å². The van der Waals surface area contributed by atoms with Gasteiger partial charge in [-0.05, 0) is 32.5 Å². The third-order valence-corrected chi connectivity index (χ3v) is 3.50. The standard InChI is InChI=1S/C12H24N2O2/c1-3-13(4-2)9-10-14-8-6-5-7-11(14)12(15)16/h11H,3-10H2,1-2H3,(H,15,16). The molecule has 1 rings (SSSR count). The zero-order valence-electron chi connectivity index (χ0n) is 10.5. The first-order chi connectivity index (χ1) is 7.69. The van der Waals surface area contributed by atoms with Crippen LogP contribution in [0.15, 0.2) is 0 Å². The number of carbonyl (C=O) groups is 1. The van der Waals surface area contributed by atoms with Crippen LogP contribution in [-0.4, -0.2) is 59.6 Å². The minimum absolute atomic E-state index is 0.246. The topological polar surface area (TPSA) is 43.8 Å². The van der Waals surface area contributed by atoms with Crippen LogP contribution in [-0.2, 0) is 4.79 Å². The van der Waals surface area contributed by atoms with Gasteiger partial charge in [-0.2, -0.15) is 0 Å². The van der Waals surface area contributed by atoms with Crippen molar-refractivity contribution >= 4 is 5.97 Å². The smallest absolute Gasteiger partial charge is 0.320 e. The Hall–Kier alpha value is -0.610. The molecule has 0 bridgehead atoms. The lowest BCUT2D eigenvalue weighted by molar-refractivity contribution is -0.144. The van der Waals surface area contributed by atoms with E-state index in [1.807, 2.05) is 0 Å². The van der Waals surface area contributed by atoms with Crippen molar-refractivity contribution in [3.8, 4) is 0 Å². The van der Waals surface area contributed by atoms with Gasteiger partial charge >= 0.3 is 5.97 Å². The van der Waals surface area contributed by atoms with Gasteiger partial charge in [0.1, 0.15) is 6.04 Å². The van der Waals surface area contributed by atoms with Crippen LogP contribution in [0.5, 0.6) is 0 Å². The molecule has 4 nitrogen and oxygen atoms in total. The molecular formula is C12H24N2O2. The zero-order valence-corrected chi connectivity index (χ0v) is 10.5. The molecule has 0 radical (unpaired) electrons. The van der Waals surface area contributed by atoms with Gasteiger partial charge in [0.2, 0.25) is 0 Å². The predicted octanol–water partition coefficient (Wildman–Crippen LogP) is 1.27. The van der Waals surface area contributed by atoms with Crippen molar-refractivity contribution in [2.45, 2.75) is 39.2 Å². The summed E-state index contributed by atoms with van der Waals surface area (Å²) in [5, 5.41) is 9.13. The highest BCUT2D eigenvalue weighted by molar-refractivity contribution is 5.73. The average Bonchev–Trinajstić information content (AvgIpc) is 2.30. The highest BCUT2D eigenvalue weighted by atomic mass is 16.4. The normalized spacial score (nSPS) is 22.6. The molecule has 1 unspecified atom stereocenters. The molecule has 0 aliphatic carbocycles. The van der Waals surface area contributed by atoms with Crippen LogP contribution in [0.1, 0.15) is 33.1 Å². The maximum absolute atomic E-state index is 11.1. The molecule has 1 saturated heterocycles. The van der Waals surface area contributed by atoms with Gasteiger partial charge in [-0.25, -0.2) is 0 Å². The molecule has 0 saturated carbocycles. The summed E-state index contributed by atoms with van der Waals surface area (Å²) >= 11 is 0. The molecule has 1 atom stereocenters. The zero-order chi connectivity index (χ0) is 12.0. The summed E-state index contributed by atoms with van der Waals surface area (Å²) < 4.78 is 0. The number of likely N-dealkylation sites (N-methyl/N-ethyl adjacent to an activating group) is 1. The highest BCUT2D eigenvalue weighted by Gasteiger charge is 2.27. The van der Waals surface area contributed by atoms with E-state index in [0.717, 1.165) is 52.0 Å². The van der Waals surface area contributed by atoms with Crippen molar-refractivity contribution < 1.29 is 9.90 Å². The van der Waals surface area contributed by atoms with Gasteiger partial charge in [0.25, 0.3) is 0 Å². The quantitative estimate of drug-likeness (QED) is 0.743. The van der Waals surface area contributed by atoms with Crippen LogP contribution in [0.2, 0.25) is 0 Å². The Labute approximate surface area is 98.2 Å². The SMILES string of the molecule is CCN(CC)CCN1CCCCC1C(=O)O. The summed E-state index contributed by atoms with van der Waals surface area (Å²) in [6.07, 6.45) is 3.01. The molecule has 0 aromatic heterocycles. The molecule has 1 fully saturated rings. The van der Waals surface area contributed by atoms with Crippen molar-refractivity contribution in [3.63, 3.8) is 0 Å². The molecule has 0 spiro atoms. The van der Waals surface area contributed by atoms with Gasteiger partial charge in [0, 0.05) is 13.1 Å². The fourth-order valence-electron chi connectivity index (χ4n) is 2.35. The van der Waals surface area contributed by atoms with Crippen molar-refractivity contribution in [2.75, 3.05) is 32.7 Å². The average molecular weight is 228 g/mol. The Balaban J connectivity index is 2.40. The first-order valence-corrected chi connectivity index (χ1v) is 6.38. The van der Waals surface area contributed by atoms with E-state index in [1.165, 1.54) is 0 Å². The Kier molecular flexibility index (Phi) is 5.77. The fourth-order valence-corrected chi connectivity index (χ4v) is 2.35. The van der Waals surface area contributed by atoms with Crippen LogP contribution >= 0.6 is 0 Å². The second-order valence-electron chi connectivity index (χ2n) is 4.41. The number of rotatable bonds is 6. The fraction of sp³-hybridized carbons (Fsp3) is 0.917. The number of hydrogen-bond donors (Lipinski definition) is 1. The second kappa shape index (κ2) is 6.86. The second-order valence-corrected chi connectivity index (χ2v) is 4.41. The number of aliphatic carboxylic acids is 1. The van der Waals surface area contributed by atoms with Gasteiger partial charge in [-0.15, -0.1) is 0 Å². The lowest BCUT2D eigenvalue weighted by atomic mass is 10.0. The van der Waals surface area contributed by atoms with Crippen molar-refractivity contribution in [1.82, 2.24) is 9.80 Å². The summed E-state index contributed by atoms with van der Waals surface area (Å²) in [5.74, 6) is -0.653. The molecule has 16 heavy (non-hydrogen) atoms. The van der Waals surface area contributed by atoms with Crippen molar-refractivity contribution in [3.05, 3.63) is 0 Å². The van der Waals surface area contributed by atoms with Crippen LogP contribution in [0.4, 0.5) is 0 Å². The van der Waals surface area contributed by atoms with Gasteiger partial charge in [-0.1, -0.05) is 20.3 Å². The molecular weight excluding hydrogens is 204 g/mol. The van der Waals surface area contributed by atoms with Gasteiger partial charge in [0.05, 0.1) is 0 Å². The summed E-state index contributed by atoms with van der Waals surface area (Å²) in [6.45, 7) is 9.20. The van der Waals surface area contributed by atoms with E-state index in [-0.39, 0.29) is 6.04 Å². The predicted molar refractivity (Wildman–Crippen MR) is 64.6 cm³/mol. The van der Waals surface area contributed by atoms with E-state index in [9.17, 15) is 4.79 Å². The Bertz CT molecular complexity index is 217. The van der Waals surface area contributed by atoms with Crippen molar-refractivity contribution in [1.29, 1.82) is 0 Å². The maximum atomic E-state index is 11.1.